The van der Waals surface area contributed by atoms with Crippen LogP contribution in [-0.4, -0.2) is 14.9 Å². The van der Waals surface area contributed by atoms with Crippen LogP contribution in [0.4, 0.5) is 4.39 Å². The molecule has 0 saturated carbocycles. The number of halogens is 1. The molecule has 0 aliphatic carbocycles. The van der Waals surface area contributed by atoms with Crippen LogP contribution in [0.5, 0.6) is 0 Å². The molecule has 15 heavy (non-hydrogen) atoms. The number of aliphatic hydroxyl groups is 1. The predicted molar refractivity (Wildman–Crippen MR) is 54.5 cm³/mol. The summed E-state index contributed by atoms with van der Waals surface area (Å²) >= 11 is 0. The normalized spacial score (nSPS) is 10.6. The van der Waals surface area contributed by atoms with Crippen LogP contribution in [-0.2, 0) is 13.7 Å². The van der Waals surface area contributed by atoms with Crippen LogP contribution in [0.3, 0.4) is 0 Å². The number of rotatable bonds is 2. The summed E-state index contributed by atoms with van der Waals surface area (Å²) in [6, 6.07) is 6.30. The minimum atomic E-state index is -0.349. The van der Waals surface area contributed by atoms with Crippen molar-refractivity contribution in [2.24, 2.45) is 7.05 Å². The van der Waals surface area contributed by atoms with Gasteiger partial charge >= 0.3 is 0 Å². The number of hydrogen-bond donors (Lipinski definition) is 1. The fourth-order valence-electron chi connectivity index (χ4n) is 1.55. The topological polar surface area (TPSA) is 38.0 Å². The molecule has 0 saturated heterocycles. The van der Waals surface area contributed by atoms with E-state index in [2.05, 4.69) is 5.10 Å². The Balaban J connectivity index is 2.53. The fourth-order valence-corrected chi connectivity index (χ4v) is 1.55. The summed E-state index contributed by atoms with van der Waals surface area (Å²) in [5.41, 5.74) is 2.11. The first-order valence-corrected chi connectivity index (χ1v) is 4.59. The zero-order valence-corrected chi connectivity index (χ0v) is 8.31. The minimum absolute atomic E-state index is 0.164. The largest absolute Gasteiger partial charge is 0.392 e. The second-order valence-electron chi connectivity index (χ2n) is 3.35. The van der Waals surface area contributed by atoms with E-state index in [1.165, 1.54) is 12.1 Å². The monoisotopic (exact) mass is 206 g/mol. The second-order valence-corrected chi connectivity index (χ2v) is 3.35. The van der Waals surface area contributed by atoms with E-state index in [1.807, 2.05) is 0 Å². The summed E-state index contributed by atoms with van der Waals surface area (Å²) in [5, 5.41) is 13.0. The third-order valence-electron chi connectivity index (χ3n) is 2.26. The molecular formula is C11H11FN2O. The van der Waals surface area contributed by atoms with Crippen molar-refractivity contribution in [1.82, 2.24) is 9.78 Å². The average Bonchev–Trinajstić information content (AvgIpc) is 2.63. The number of aryl methyl sites for hydroxylation is 1. The quantitative estimate of drug-likeness (QED) is 0.812. The lowest BCUT2D eigenvalue weighted by molar-refractivity contribution is 0.281. The van der Waals surface area contributed by atoms with Crippen molar-refractivity contribution in [2.45, 2.75) is 6.61 Å². The van der Waals surface area contributed by atoms with E-state index in [-0.39, 0.29) is 12.4 Å². The third-order valence-corrected chi connectivity index (χ3v) is 2.26. The number of aliphatic hydroxyl groups excluding tert-OH is 1. The molecule has 2 rings (SSSR count). The highest BCUT2D eigenvalue weighted by atomic mass is 19.1. The smallest absolute Gasteiger partial charge is 0.124 e. The molecule has 3 nitrogen and oxygen atoms in total. The third kappa shape index (κ3) is 1.89. The Kier molecular flexibility index (Phi) is 2.51. The van der Waals surface area contributed by atoms with Crippen LogP contribution in [0, 0.1) is 5.82 Å². The number of hydrogen-bond acceptors (Lipinski definition) is 2. The summed E-state index contributed by atoms with van der Waals surface area (Å²) < 4.78 is 14.9. The Hall–Kier alpha value is -1.68. The average molecular weight is 206 g/mol. The molecule has 0 atom stereocenters. The van der Waals surface area contributed by atoms with Crippen molar-refractivity contribution in [2.75, 3.05) is 0 Å². The van der Waals surface area contributed by atoms with Crippen molar-refractivity contribution < 1.29 is 9.50 Å². The van der Waals surface area contributed by atoms with Crippen molar-refractivity contribution in [3.63, 3.8) is 0 Å². The lowest BCUT2D eigenvalue weighted by Gasteiger charge is -2.04. The van der Waals surface area contributed by atoms with Crippen molar-refractivity contribution in [3.05, 3.63) is 41.8 Å². The highest BCUT2D eigenvalue weighted by Crippen LogP contribution is 2.21. The molecule has 0 unspecified atom stereocenters. The van der Waals surface area contributed by atoms with Crippen LogP contribution >= 0.6 is 0 Å². The standard InChI is InChI=1S/C11H11FN2O/c1-14-11(2-3-13-14)9-4-8(7-15)5-10(12)6-9/h2-6,15H,7H2,1H3. The van der Waals surface area contributed by atoms with Crippen LogP contribution < -0.4 is 0 Å². The first-order valence-electron chi connectivity index (χ1n) is 4.59. The van der Waals surface area contributed by atoms with Gasteiger partial charge in [0.2, 0.25) is 0 Å². The second kappa shape index (κ2) is 3.82. The number of nitrogens with zero attached hydrogens (tertiary/aromatic N) is 2. The van der Waals surface area contributed by atoms with E-state index in [0.717, 1.165) is 11.3 Å². The van der Waals surface area contributed by atoms with Gasteiger partial charge in [0, 0.05) is 18.8 Å². The van der Waals surface area contributed by atoms with E-state index in [1.54, 1.807) is 30.1 Å². The molecule has 1 aromatic heterocycles. The van der Waals surface area contributed by atoms with E-state index in [4.69, 9.17) is 5.11 Å². The number of benzene rings is 1. The molecule has 4 heteroatoms. The minimum Gasteiger partial charge on any atom is -0.392 e. The van der Waals surface area contributed by atoms with Gasteiger partial charge in [0.1, 0.15) is 5.82 Å². The zero-order valence-electron chi connectivity index (χ0n) is 8.31. The SMILES string of the molecule is Cn1nccc1-c1cc(F)cc(CO)c1. The van der Waals surface area contributed by atoms with Gasteiger partial charge in [0.05, 0.1) is 12.3 Å². The maximum absolute atomic E-state index is 13.2. The Labute approximate surface area is 86.8 Å². The summed E-state index contributed by atoms with van der Waals surface area (Å²) in [7, 11) is 1.79. The molecule has 2 aromatic rings. The molecule has 0 spiro atoms. The molecule has 1 aromatic carbocycles. The first-order chi connectivity index (χ1) is 7.20. The van der Waals surface area contributed by atoms with Gasteiger partial charge in [0.25, 0.3) is 0 Å². The van der Waals surface area contributed by atoms with Crippen molar-refractivity contribution in [1.29, 1.82) is 0 Å². The molecular weight excluding hydrogens is 195 g/mol. The Morgan fingerprint density at radius 2 is 2.20 bits per heavy atom. The van der Waals surface area contributed by atoms with Crippen LogP contribution in [0.25, 0.3) is 11.3 Å². The summed E-state index contributed by atoms with van der Waals surface area (Å²) in [5.74, 6) is -0.349. The van der Waals surface area contributed by atoms with Crippen molar-refractivity contribution >= 4 is 0 Å². The molecule has 78 valence electrons. The zero-order chi connectivity index (χ0) is 10.8. The highest BCUT2D eigenvalue weighted by Gasteiger charge is 2.05. The summed E-state index contributed by atoms with van der Waals surface area (Å²) in [6.07, 6.45) is 1.65. The molecule has 0 amide bonds. The van der Waals surface area contributed by atoms with Crippen LogP contribution in [0.2, 0.25) is 0 Å². The van der Waals surface area contributed by atoms with E-state index in [9.17, 15) is 4.39 Å². The Morgan fingerprint density at radius 1 is 1.40 bits per heavy atom. The van der Waals surface area contributed by atoms with Gasteiger partial charge in [-0.05, 0) is 29.8 Å². The van der Waals surface area contributed by atoms with Gasteiger partial charge in [-0.25, -0.2) is 4.39 Å². The van der Waals surface area contributed by atoms with Gasteiger partial charge in [-0.2, -0.15) is 5.10 Å². The Bertz CT molecular complexity index is 479. The molecule has 0 aliphatic rings. The molecule has 0 aliphatic heterocycles. The van der Waals surface area contributed by atoms with E-state index >= 15 is 0 Å². The number of aromatic nitrogens is 2. The molecule has 0 radical (unpaired) electrons. The summed E-state index contributed by atoms with van der Waals surface area (Å²) in [4.78, 5) is 0. The van der Waals surface area contributed by atoms with Gasteiger partial charge < -0.3 is 5.11 Å². The van der Waals surface area contributed by atoms with Gasteiger partial charge in [-0.1, -0.05) is 0 Å². The summed E-state index contributed by atoms with van der Waals surface area (Å²) in [6.45, 7) is -0.164. The molecule has 1 N–H and O–H groups in total. The van der Waals surface area contributed by atoms with Gasteiger partial charge in [0.15, 0.2) is 0 Å². The molecule has 1 heterocycles. The molecule has 0 fully saturated rings. The van der Waals surface area contributed by atoms with Crippen molar-refractivity contribution in [3.8, 4) is 11.3 Å². The lowest BCUT2D eigenvalue weighted by atomic mass is 10.1. The molecule has 0 bridgehead atoms. The van der Waals surface area contributed by atoms with Gasteiger partial charge in [-0.3, -0.25) is 4.68 Å². The Morgan fingerprint density at radius 3 is 2.80 bits per heavy atom. The maximum Gasteiger partial charge on any atom is 0.124 e. The first kappa shape index (κ1) is 9.86. The van der Waals surface area contributed by atoms with Crippen LogP contribution in [0.15, 0.2) is 30.5 Å². The maximum atomic E-state index is 13.2. The predicted octanol–water partition coefficient (Wildman–Crippen LogP) is 1.72. The van der Waals surface area contributed by atoms with Crippen LogP contribution in [0.1, 0.15) is 5.56 Å². The van der Waals surface area contributed by atoms with E-state index in [0.29, 0.717) is 5.56 Å². The highest BCUT2D eigenvalue weighted by molar-refractivity contribution is 5.60. The fraction of sp³-hybridized carbons (Fsp3) is 0.182. The van der Waals surface area contributed by atoms with Gasteiger partial charge in [-0.15, -0.1) is 0 Å². The van der Waals surface area contributed by atoms with E-state index < -0.39 is 0 Å². The lowest BCUT2D eigenvalue weighted by Crippen LogP contribution is -1.95.